The summed E-state index contributed by atoms with van der Waals surface area (Å²) in [5, 5.41) is 16.8. The molecule has 0 spiro atoms. The Hall–Kier alpha value is -2.15. The highest BCUT2D eigenvalue weighted by Gasteiger charge is 2.12. The SMILES string of the molecule is Cc1noc(C)c1CN(C)Cc1cnn(CCC(=O)O)c1. The number of aryl methyl sites for hydroxylation is 3. The molecular weight excluding hydrogens is 272 g/mol. The van der Waals surface area contributed by atoms with Crippen molar-refractivity contribution in [2.24, 2.45) is 0 Å². The largest absolute Gasteiger partial charge is 0.481 e. The van der Waals surface area contributed by atoms with E-state index in [1.165, 1.54) is 0 Å². The van der Waals surface area contributed by atoms with Gasteiger partial charge in [-0.2, -0.15) is 5.10 Å². The molecule has 0 aromatic carbocycles. The highest BCUT2D eigenvalue weighted by atomic mass is 16.5. The molecule has 2 aromatic rings. The van der Waals surface area contributed by atoms with Gasteiger partial charge in [0.25, 0.3) is 0 Å². The van der Waals surface area contributed by atoms with E-state index in [4.69, 9.17) is 9.63 Å². The van der Waals surface area contributed by atoms with Crippen LogP contribution in [0.4, 0.5) is 0 Å². The molecule has 0 aliphatic heterocycles. The number of carboxylic acids is 1. The minimum absolute atomic E-state index is 0.0794. The number of aliphatic carboxylic acids is 1. The summed E-state index contributed by atoms with van der Waals surface area (Å²) in [7, 11) is 2.01. The molecule has 21 heavy (non-hydrogen) atoms. The zero-order chi connectivity index (χ0) is 15.4. The molecular formula is C14H20N4O3. The van der Waals surface area contributed by atoms with E-state index < -0.39 is 5.97 Å². The fraction of sp³-hybridized carbons (Fsp3) is 0.500. The molecule has 0 saturated heterocycles. The van der Waals surface area contributed by atoms with E-state index in [1.807, 2.05) is 27.1 Å². The molecule has 0 bridgehead atoms. The Balaban J connectivity index is 1.91. The van der Waals surface area contributed by atoms with Gasteiger partial charge in [-0.1, -0.05) is 5.16 Å². The molecule has 0 saturated carbocycles. The molecule has 0 atom stereocenters. The standard InChI is InChI=1S/C14H20N4O3/c1-10-13(11(2)21-16-10)9-17(3)7-12-6-15-18(8-12)5-4-14(19)20/h6,8H,4-5,7,9H2,1-3H3,(H,19,20). The molecule has 0 aliphatic carbocycles. The number of carbonyl (C=O) groups is 1. The normalized spacial score (nSPS) is 11.2. The summed E-state index contributed by atoms with van der Waals surface area (Å²) in [4.78, 5) is 12.7. The minimum Gasteiger partial charge on any atom is -0.481 e. The van der Waals surface area contributed by atoms with Gasteiger partial charge in [0.2, 0.25) is 0 Å². The van der Waals surface area contributed by atoms with Gasteiger partial charge in [-0.05, 0) is 20.9 Å². The lowest BCUT2D eigenvalue weighted by Gasteiger charge is -2.15. The van der Waals surface area contributed by atoms with Gasteiger partial charge in [0, 0.05) is 30.4 Å². The topological polar surface area (TPSA) is 84.4 Å². The first-order valence-corrected chi connectivity index (χ1v) is 6.79. The summed E-state index contributed by atoms with van der Waals surface area (Å²) in [5.41, 5.74) is 3.07. The van der Waals surface area contributed by atoms with Crippen molar-refractivity contribution in [1.29, 1.82) is 0 Å². The predicted octanol–water partition coefficient (Wildman–Crippen LogP) is 1.59. The van der Waals surface area contributed by atoms with Gasteiger partial charge in [-0.25, -0.2) is 0 Å². The predicted molar refractivity (Wildman–Crippen MR) is 75.6 cm³/mol. The second-order valence-corrected chi connectivity index (χ2v) is 5.23. The first-order chi connectivity index (χ1) is 9.95. The van der Waals surface area contributed by atoms with E-state index in [1.54, 1.807) is 10.9 Å². The van der Waals surface area contributed by atoms with Crippen molar-refractivity contribution in [2.45, 2.75) is 39.9 Å². The summed E-state index contributed by atoms with van der Waals surface area (Å²) in [6.45, 7) is 5.72. The van der Waals surface area contributed by atoms with Gasteiger partial charge >= 0.3 is 5.97 Å². The van der Waals surface area contributed by atoms with Crippen LogP contribution in [0, 0.1) is 13.8 Å². The van der Waals surface area contributed by atoms with Crippen molar-refractivity contribution in [3.8, 4) is 0 Å². The Morgan fingerprint density at radius 2 is 2.19 bits per heavy atom. The van der Waals surface area contributed by atoms with E-state index in [-0.39, 0.29) is 6.42 Å². The molecule has 114 valence electrons. The number of nitrogens with zero attached hydrogens (tertiary/aromatic N) is 4. The van der Waals surface area contributed by atoms with Crippen molar-refractivity contribution in [3.05, 3.63) is 35.0 Å². The van der Waals surface area contributed by atoms with Gasteiger partial charge in [0.1, 0.15) is 5.76 Å². The summed E-state index contributed by atoms with van der Waals surface area (Å²) < 4.78 is 6.82. The summed E-state index contributed by atoms with van der Waals surface area (Å²) in [6.07, 6.45) is 3.73. The maximum absolute atomic E-state index is 10.5. The second kappa shape index (κ2) is 6.53. The monoisotopic (exact) mass is 292 g/mol. The summed E-state index contributed by atoms with van der Waals surface area (Å²) in [6, 6.07) is 0. The molecule has 2 rings (SSSR count). The lowest BCUT2D eigenvalue weighted by Crippen LogP contribution is -2.17. The van der Waals surface area contributed by atoms with Crippen LogP contribution in [0.3, 0.4) is 0 Å². The van der Waals surface area contributed by atoms with Gasteiger partial charge in [-0.15, -0.1) is 0 Å². The van der Waals surface area contributed by atoms with E-state index >= 15 is 0 Å². The molecule has 1 N–H and O–H groups in total. The summed E-state index contributed by atoms with van der Waals surface area (Å²) >= 11 is 0. The molecule has 0 radical (unpaired) electrons. The van der Waals surface area contributed by atoms with Crippen LogP contribution >= 0.6 is 0 Å². The molecule has 0 amide bonds. The zero-order valence-corrected chi connectivity index (χ0v) is 12.5. The quantitative estimate of drug-likeness (QED) is 0.834. The molecule has 0 aliphatic rings. The fourth-order valence-electron chi connectivity index (χ4n) is 2.19. The van der Waals surface area contributed by atoms with E-state index in [9.17, 15) is 4.79 Å². The van der Waals surface area contributed by atoms with Crippen molar-refractivity contribution in [2.75, 3.05) is 7.05 Å². The number of carboxylic acid groups (broad SMARTS) is 1. The lowest BCUT2D eigenvalue weighted by atomic mass is 10.2. The van der Waals surface area contributed by atoms with Crippen LogP contribution in [0.2, 0.25) is 0 Å². The van der Waals surface area contributed by atoms with Crippen LogP contribution in [0.5, 0.6) is 0 Å². The first kappa shape index (κ1) is 15.2. The van der Waals surface area contributed by atoms with E-state index in [0.717, 1.165) is 35.7 Å². The van der Waals surface area contributed by atoms with Gasteiger partial charge in [0.15, 0.2) is 0 Å². The third-order valence-corrected chi connectivity index (χ3v) is 3.30. The Morgan fingerprint density at radius 1 is 1.43 bits per heavy atom. The van der Waals surface area contributed by atoms with Crippen LogP contribution < -0.4 is 0 Å². The van der Waals surface area contributed by atoms with Crippen LogP contribution in [-0.4, -0.2) is 38.0 Å². The number of aromatic nitrogens is 3. The van der Waals surface area contributed by atoms with Crippen LogP contribution in [0.15, 0.2) is 16.9 Å². The van der Waals surface area contributed by atoms with Crippen LogP contribution in [-0.2, 0) is 24.4 Å². The van der Waals surface area contributed by atoms with Crippen molar-refractivity contribution in [3.63, 3.8) is 0 Å². The fourth-order valence-corrected chi connectivity index (χ4v) is 2.19. The maximum atomic E-state index is 10.5. The highest BCUT2D eigenvalue weighted by Crippen LogP contribution is 2.15. The Bertz CT molecular complexity index is 598. The smallest absolute Gasteiger partial charge is 0.305 e. The molecule has 2 heterocycles. The lowest BCUT2D eigenvalue weighted by molar-refractivity contribution is -0.137. The minimum atomic E-state index is -0.817. The molecule has 0 unspecified atom stereocenters. The second-order valence-electron chi connectivity index (χ2n) is 5.23. The van der Waals surface area contributed by atoms with Crippen molar-refractivity contribution < 1.29 is 14.4 Å². The Morgan fingerprint density at radius 3 is 2.81 bits per heavy atom. The highest BCUT2D eigenvalue weighted by molar-refractivity contribution is 5.66. The van der Waals surface area contributed by atoms with Gasteiger partial charge in [0.05, 0.1) is 24.9 Å². The average molecular weight is 292 g/mol. The van der Waals surface area contributed by atoms with Crippen LogP contribution in [0.25, 0.3) is 0 Å². The van der Waals surface area contributed by atoms with Gasteiger partial charge < -0.3 is 9.63 Å². The van der Waals surface area contributed by atoms with E-state index in [0.29, 0.717) is 6.54 Å². The third kappa shape index (κ3) is 4.16. The van der Waals surface area contributed by atoms with Crippen molar-refractivity contribution >= 4 is 5.97 Å². The number of hydrogen-bond acceptors (Lipinski definition) is 5. The average Bonchev–Trinajstić information content (AvgIpc) is 2.98. The Labute approximate surface area is 123 Å². The number of hydrogen-bond donors (Lipinski definition) is 1. The first-order valence-electron chi connectivity index (χ1n) is 6.79. The third-order valence-electron chi connectivity index (χ3n) is 3.30. The Kier molecular flexibility index (Phi) is 4.74. The molecule has 2 aromatic heterocycles. The summed E-state index contributed by atoms with van der Waals surface area (Å²) in [5.74, 6) is 0.0269. The molecule has 7 heteroatoms. The molecule has 7 nitrogen and oxygen atoms in total. The molecule has 0 fully saturated rings. The zero-order valence-electron chi connectivity index (χ0n) is 12.5. The maximum Gasteiger partial charge on any atom is 0.305 e. The van der Waals surface area contributed by atoms with E-state index in [2.05, 4.69) is 15.2 Å². The van der Waals surface area contributed by atoms with Crippen LogP contribution in [0.1, 0.15) is 29.0 Å². The van der Waals surface area contributed by atoms with Gasteiger partial charge in [-0.3, -0.25) is 14.4 Å². The number of rotatable bonds is 7. The van der Waals surface area contributed by atoms with Crippen molar-refractivity contribution in [1.82, 2.24) is 19.8 Å².